The number of para-hydroxylation sites is 1. The van der Waals surface area contributed by atoms with Crippen molar-refractivity contribution in [2.45, 2.75) is 12.6 Å². The molecule has 1 heterocycles. The van der Waals surface area contributed by atoms with Crippen LogP contribution in [-0.4, -0.2) is 22.3 Å². The van der Waals surface area contributed by atoms with Gasteiger partial charge in [-0.3, -0.25) is 9.69 Å². The molecule has 28 heavy (non-hydrogen) atoms. The SMILES string of the molecule is CN(Cc1ccccc1)C(C(=O)c1cn(C)c2ccccc12)c1ccccc1. The Labute approximate surface area is 165 Å². The lowest BCUT2D eigenvalue weighted by atomic mass is 9.95. The van der Waals surface area contributed by atoms with Crippen LogP contribution in [0.3, 0.4) is 0 Å². The fourth-order valence-electron chi connectivity index (χ4n) is 3.89. The van der Waals surface area contributed by atoms with E-state index < -0.39 is 0 Å². The van der Waals surface area contributed by atoms with E-state index in [2.05, 4.69) is 23.1 Å². The first kappa shape index (κ1) is 18.2. The van der Waals surface area contributed by atoms with Gasteiger partial charge >= 0.3 is 0 Å². The van der Waals surface area contributed by atoms with Crippen LogP contribution >= 0.6 is 0 Å². The average Bonchev–Trinajstić information content (AvgIpc) is 3.07. The van der Waals surface area contributed by atoms with E-state index in [1.807, 2.05) is 91.6 Å². The molecule has 140 valence electrons. The minimum atomic E-state index is -0.341. The zero-order valence-electron chi connectivity index (χ0n) is 16.2. The highest BCUT2D eigenvalue weighted by Crippen LogP contribution is 2.30. The number of aromatic nitrogens is 1. The fourth-order valence-corrected chi connectivity index (χ4v) is 3.89. The second-order valence-corrected chi connectivity index (χ2v) is 7.25. The smallest absolute Gasteiger partial charge is 0.186 e. The van der Waals surface area contributed by atoms with Crippen LogP contribution < -0.4 is 0 Å². The highest BCUT2D eigenvalue weighted by Gasteiger charge is 2.28. The number of likely N-dealkylation sites (N-methyl/N-ethyl adjacent to an activating group) is 1. The van der Waals surface area contributed by atoms with Crippen LogP contribution in [0.15, 0.2) is 91.1 Å². The standard InChI is InChI=1S/C25H24N2O/c1-26-18-22(21-15-9-10-16-23(21)26)25(28)24(20-13-7-4-8-14-20)27(2)17-19-11-5-3-6-12-19/h3-16,18,24H,17H2,1-2H3. The second kappa shape index (κ2) is 7.83. The largest absolute Gasteiger partial charge is 0.350 e. The summed E-state index contributed by atoms with van der Waals surface area (Å²) in [7, 11) is 4.01. The van der Waals surface area contributed by atoms with Crippen molar-refractivity contribution in [3.8, 4) is 0 Å². The number of benzene rings is 3. The Kier molecular flexibility index (Phi) is 5.09. The molecule has 1 aromatic heterocycles. The monoisotopic (exact) mass is 368 g/mol. The van der Waals surface area contributed by atoms with Crippen LogP contribution in [0.2, 0.25) is 0 Å². The van der Waals surface area contributed by atoms with E-state index in [-0.39, 0.29) is 11.8 Å². The lowest BCUT2D eigenvalue weighted by Crippen LogP contribution is -2.30. The maximum atomic E-state index is 13.7. The summed E-state index contributed by atoms with van der Waals surface area (Å²) in [6, 6.07) is 28.1. The number of fused-ring (bicyclic) bond motifs is 1. The highest BCUT2D eigenvalue weighted by molar-refractivity contribution is 6.10. The Morgan fingerprint density at radius 1 is 0.893 bits per heavy atom. The number of carbonyl (C=O) groups is 1. The van der Waals surface area contributed by atoms with Gasteiger partial charge in [0.05, 0.1) is 6.04 Å². The normalized spacial score (nSPS) is 12.4. The topological polar surface area (TPSA) is 25.2 Å². The quantitative estimate of drug-likeness (QED) is 0.435. The average molecular weight is 368 g/mol. The van der Waals surface area contributed by atoms with E-state index >= 15 is 0 Å². The first-order chi connectivity index (χ1) is 13.6. The predicted octanol–water partition coefficient (Wildman–Crippen LogP) is 5.23. The van der Waals surface area contributed by atoms with Crippen molar-refractivity contribution in [3.63, 3.8) is 0 Å². The van der Waals surface area contributed by atoms with E-state index in [0.29, 0.717) is 6.54 Å². The molecular formula is C25H24N2O. The Hall–Kier alpha value is -3.17. The molecule has 0 amide bonds. The number of aryl methyl sites for hydroxylation is 1. The zero-order chi connectivity index (χ0) is 19.5. The maximum Gasteiger partial charge on any atom is 0.186 e. The Morgan fingerprint density at radius 2 is 1.50 bits per heavy atom. The summed E-state index contributed by atoms with van der Waals surface area (Å²) in [5, 5.41) is 1.00. The van der Waals surface area contributed by atoms with Crippen LogP contribution in [0.25, 0.3) is 10.9 Å². The molecule has 4 rings (SSSR count). The molecule has 0 aliphatic heterocycles. The number of ketones is 1. The van der Waals surface area contributed by atoms with Gasteiger partial charge in [0.15, 0.2) is 5.78 Å². The number of hydrogen-bond donors (Lipinski definition) is 0. The van der Waals surface area contributed by atoms with Gasteiger partial charge < -0.3 is 4.57 Å². The van der Waals surface area contributed by atoms with Crippen molar-refractivity contribution < 1.29 is 4.79 Å². The van der Waals surface area contributed by atoms with E-state index in [9.17, 15) is 4.79 Å². The minimum absolute atomic E-state index is 0.126. The zero-order valence-corrected chi connectivity index (χ0v) is 16.2. The first-order valence-electron chi connectivity index (χ1n) is 9.52. The third kappa shape index (κ3) is 3.49. The molecule has 0 fully saturated rings. The highest BCUT2D eigenvalue weighted by atomic mass is 16.1. The Balaban J connectivity index is 1.75. The van der Waals surface area contributed by atoms with Gasteiger partial charge in [0.2, 0.25) is 0 Å². The molecule has 1 unspecified atom stereocenters. The van der Waals surface area contributed by atoms with Crippen molar-refractivity contribution in [3.05, 3.63) is 108 Å². The molecule has 0 saturated heterocycles. The molecule has 4 aromatic rings. The number of nitrogens with zero attached hydrogens (tertiary/aromatic N) is 2. The summed E-state index contributed by atoms with van der Waals surface area (Å²) in [6.45, 7) is 0.705. The molecule has 3 nitrogen and oxygen atoms in total. The van der Waals surface area contributed by atoms with E-state index in [1.165, 1.54) is 5.56 Å². The first-order valence-corrected chi connectivity index (χ1v) is 9.52. The third-order valence-corrected chi connectivity index (χ3v) is 5.24. The molecule has 0 saturated carbocycles. The van der Waals surface area contributed by atoms with Crippen molar-refractivity contribution in [2.75, 3.05) is 7.05 Å². The molecule has 0 bridgehead atoms. The van der Waals surface area contributed by atoms with Crippen LogP contribution in [0.4, 0.5) is 0 Å². The minimum Gasteiger partial charge on any atom is -0.350 e. The van der Waals surface area contributed by atoms with Crippen LogP contribution in [-0.2, 0) is 13.6 Å². The van der Waals surface area contributed by atoms with E-state index in [1.54, 1.807) is 0 Å². The van der Waals surface area contributed by atoms with Crippen LogP contribution in [0.5, 0.6) is 0 Å². The molecule has 3 heteroatoms. The molecular weight excluding hydrogens is 344 g/mol. The lowest BCUT2D eigenvalue weighted by molar-refractivity contribution is 0.0844. The van der Waals surface area contributed by atoms with Crippen molar-refractivity contribution in [1.29, 1.82) is 0 Å². The van der Waals surface area contributed by atoms with E-state index in [0.717, 1.165) is 22.0 Å². The van der Waals surface area contributed by atoms with Gasteiger partial charge in [0, 0.05) is 36.3 Å². The van der Waals surface area contributed by atoms with Gasteiger partial charge in [-0.1, -0.05) is 78.9 Å². The van der Waals surface area contributed by atoms with Crippen LogP contribution in [0, 0.1) is 0 Å². The predicted molar refractivity (Wildman–Crippen MR) is 114 cm³/mol. The molecule has 0 spiro atoms. The summed E-state index contributed by atoms with van der Waals surface area (Å²) >= 11 is 0. The molecule has 3 aromatic carbocycles. The summed E-state index contributed by atoms with van der Waals surface area (Å²) in [5.41, 5.74) is 4.05. The summed E-state index contributed by atoms with van der Waals surface area (Å²) in [4.78, 5) is 15.9. The number of hydrogen-bond acceptors (Lipinski definition) is 2. The number of carbonyl (C=O) groups excluding carboxylic acids is 1. The third-order valence-electron chi connectivity index (χ3n) is 5.24. The van der Waals surface area contributed by atoms with Crippen molar-refractivity contribution in [2.24, 2.45) is 7.05 Å². The van der Waals surface area contributed by atoms with Crippen molar-refractivity contribution in [1.82, 2.24) is 9.47 Å². The van der Waals surface area contributed by atoms with Gasteiger partial charge in [-0.05, 0) is 24.2 Å². The van der Waals surface area contributed by atoms with Crippen LogP contribution in [0.1, 0.15) is 27.5 Å². The molecule has 1 atom stereocenters. The maximum absolute atomic E-state index is 13.7. The van der Waals surface area contributed by atoms with E-state index in [4.69, 9.17) is 0 Å². The number of Topliss-reactive ketones (excluding diaryl/α,β-unsaturated/α-hetero) is 1. The molecule has 0 radical (unpaired) electrons. The second-order valence-electron chi connectivity index (χ2n) is 7.25. The van der Waals surface area contributed by atoms with Gasteiger partial charge in [-0.2, -0.15) is 0 Å². The Bertz CT molecular complexity index is 1080. The number of rotatable bonds is 6. The summed E-state index contributed by atoms with van der Waals surface area (Å²) < 4.78 is 2.03. The van der Waals surface area contributed by atoms with Gasteiger partial charge in [0.1, 0.15) is 0 Å². The molecule has 0 N–H and O–H groups in total. The Morgan fingerprint density at radius 3 is 2.21 bits per heavy atom. The molecule has 0 aliphatic rings. The van der Waals surface area contributed by atoms with Gasteiger partial charge in [-0.15, -0.1) is 0 Å². The van der Waals surface area contributed by atoms with Crippen molar-refractivity contribution >= 4 is 16.7 Å². The van der Waals surface area contributed by atoms with Gasteiger partial charge in [-0.25, -0.2) is 0 Å². The lowest BCUT2D eigenvalue weighted by Gasteiger charge is -2.27. The fraction of sp³-hybridized carbons (Fsp3) is 0.160. The van der Waals surface area contributed by atoms with Gasteiger partial charge in [0.25, 0.3) is 0 Å². The summed E-state index contributed by atoms with van der Waals surface area (Å²) in [5.74, 6) is 0.126. The summed E-state index contributed by atoms with van der Waals surface area (Å²) in [6.07, 6.45) is 1.96. The molecule has 0 aliphatic carbocycles.